The predicted molar refractivity (Wildman–Crippen MR) is 116 cm³/mol. The first-order valence-electron chi connectivity index (χ1n) is 9.75. The predicted octanol–water partition coefficient (Wildman–Crippen LogP) is 4.58. The van der Waals surface area contributed by atoms with Gasteiger partial charge in [-0.05, 0) is 41.5 Å². The maximum atomic E-state index is 13.5. The second-order valence-corrected chi connectivity index (χ2v) is 9.64. The average Bonchev–Trinajstić information content (AvgIpc) is 2.76. The van der Waals surface area contributed by atoms with Crippen LogP contribution in [-0.4, -0.2) is 43.8 Å². The number of hydrogen-bond donors (Lipinski definition) is 0. The number of halogens is 2. The van der Waals surface area contributed by atoms with Crippen molar-refractivity contribution in [2.75, 3.05) is 26.2 Å². The summed E-state index contributed by atoms with van der Waals surface area (Å²) in [5.74, 6) is -0.275. The molecule has 0 aromatic heterocycles. The molecule has 4 nitrogen and oxygen atoms in total. The highest BCUT2D eigenvalue weighted by molar-refractivity contribution is 7.89. The molecule has 1 aliphatic rings. The third-order valence-electron chi connectivity index (χ3n) is 5.37. The molecular formula is C23H22ClFN2O2S. The van der Waals surface area contributed by atoms with Gasteiger partial charge in [-0.3, -0.25) is 4.90 Å². The van der Waals surface area contributed by atoms with Gasteiger partial charge < -0.3 is 0 Å². The Hall–Kier alpha value is -2.25. The molecule has 0 radical (unpaired) electrons. The van der Waals surface area contributed by atoms with E-state index in [2.05, 4.69) is 4.90 Å². The molecule has 7 heteroatoms. The molecule has 0 saturated carbocycles. The van der Waals surface area contributed by atoms with Crippen molar-refractivity contribution in [1.29, 1.82) is 0 Å². The minimum absolute atomic E-state index is 0.0668. The fraction of sp³-hybridized carbons (Fsp3) is 0.217. The molecule has 1 atom stereocenters. The fourth-order valence-electron chi connectivity index (χ4n) is 3.87. The van der Waals surface area contributed by atoms with E-state index in [4.69, 9.17) is 11.6 Å². The smallest absolute Gasteiger partial charge is 0.243 e. The highest BCUT2D eigenvalue weighted by Crippen LogP contribution is 2.31. The summed E-state index contributed by atoms with van der Waals surface area (Å²) in [4.78, 5) is 2.45. The summed E-state index contributed by atoms with van der Waals surface area (Å²) < 4.78 is 41.0. The van der Waals surface area contributed by atoms with Crippen LogP contribution in [0.3, 0.4) is 0 Å². The van der Waals surface area contributed by atoms with Crippen molar-refractivity contribution in [2.45, 2.75) is 10.9 Å². The number of rotatable bonds is 5. The Kier molecular flexibility index (Phi) is 6.20. The van der Waals surface area contributed by atoms with Crippen LogP contribution >= 0.6 is 11.6 Å². The molecule has 1 unspecified atom stereocenters. The van der Waals surface area contributed by atoms with E-state index in [9.17, 15) is 12.8 Å². The lowest BCUT2D eigenvalue weighted by atomic mass is 9.96. The standard InChI is InChI=1S/C23H22ClFN2O2S/c24-20-7-4-8-22(17-20)30(28,29)27-15-13-26(14-16-27)23(18-5-2-1-3-6-18)19-9-11-21(25)12-10-19/h1-12,17,23H,13-16H2. The number of benzene rings is 3. The van der Waals surface area contributed by atoms with Crippen LogP contribution in [0.4, 0.5) is 4.39 Å². The molecule has 30 heavy (non-hydrogen) atoms. The van der Waals surface area contributed by atoms with E-state index >= 15 is 0 Å². The molecule has 1 aliphatic heterocycles. The summed E-state index contributed by atoms with van der Waals surface area (Å²) >= 11 is 5.98. The molecule has 1 fully saturated rings. The van der Waals surface area contributed by atoms with Gasteiger partial charge in [-0.2, -0.15) is 4.31 Å². The zero-order chi connectivity index (χ0) is 21.1. The van der Waals surface area contributed by atoms with Crippen LogP contribution in [-0.2, 0) is 10.0 Å². The Morgan fingerprint density at radius 2 is 1.43 bits per heavy atom. The Morgan fingerprint density at radius 1 is 0.800 bits per heavy atom. The number of piperazine rings is 1. The van der Waals surface area contributed by atoms with Crippen LogP contribution in [0, 0.1) is 5.82 Å². The highest BCUT2D eigenvalue weighted by Gasteiger charge is 2.32. The van der Waals surface area contributed by atoms with E-state index in [1.165, 1.54) is 22.5 Å². The van der Waals surface area contributed by atoms with Crippen molar-refractivity contribution in [2.24, 2.45) is 0 Å². The number of nitrogens with zero attached hydrogens (tertiary/aromatic N) is 2. The molecule has 3 aromatic carbocycles. The van der Waals surface area contributed by atoms with Gasteiger partial charge in [0.25, 0.3) is 0 Å². The lowest BCUT2D eigenvalue weighted by molar-refractivity contribution is 0.155. The van der Waals surface area contributed by atoms with Gasteiger partial charge in [-0.1, -0.05) is 60.1 Å². The molecular weight excluding hydrogens is 423 g/mol. The summed E-state index contributed by atoms with van der Waals surface area (Å²) in [6.07, 6.45) is 0. The molecule has 1 heterocycles. The first-order valence-corrected chi connectivity index (χ1v) is 11.6. The molecule has 3 aromatic rings. The first kappa shape index (κ1) is 21.0. The van der Waals surface area contributed by atoms with Crippen molar-refractivity contribution in [3.05, 3.63) is 101 Å². The maximum Gasteiger partial charge on any atom is 0.243 e. The van der Waals surface area contributed by atoms with Crippen molar-refractivity contribution < 1.29 is 12.8 Å². The third-order valence-corrected chi connectivity index (χ3v) is 7.50. The van der Waals surface area contributed by atoms with Crippen molar-refractivity contribution in [1.82, 2.24) is 9.21 Å². The molecule has 0 spiro atoms. The molecule has 0 bridgehead atoms. The van der Waals surface area contributed by atoms with E-state index in [1.807, 2.05) is 30.3 Å². The van der Waals surface area contributed by atoms with Gasteiger partial charge in [-0.25, -0.2) is 12.8 Å². The van der Waals surface area contributed by atoms with Crippen molar-refractivity contribution in [3.8, 4) is 0 Å². The van der Waals surface area contributed by atoms with Crippen molar-refractivity contribution in [3.63, 3.8) is 0 Å². The summed E-state index contributed by atoms with van der Waals surface area (Å²) in [7, 11) is -3.60. The second-order valence-electron chi connectivity index (χ2n) is 7.26. The fourth-order valence-corrected chi connectivity index (χ4v) is 5.60. The van der Waals surface area contributed by atoms with Crippen LogP contribution in [0.25, 0.3) is 0 Å². The topological polar surface area (TPSA) is 40.6 Å². The zero-order valence-corrected chi connectivity index (χ0v) is 17.9. The summed E-state index contributed by atoms with van der Waals surface area (Å²) in [6, 6.07) is 22.8. The van der Waals surface area contributed by atoms with E-state index in [0.29, 0.717) is 31.2 Å². The van der Waals surface area contributed by atoms with E-state index in [1.54, 1.807) is 30.3 Å². The first-order chi connectivity index (χ1) is 14.4. The lowest BCUT2D eigenvalue weighted by Gasteiger charge is -2.39. The summed E-state index contributed by atoms with van der Waals surface area (Å²) in [6.45, 7) is 1.88. The van der Waals surface area contributed by atoms with Gasteiger partial charge in [0.15, 0.2) is 0 Å². The average molecular weight is 445 g/mol. The molecule has 4 rings (SSSR count). The molecule has 1 saturated heterocycles. The molecule has 156 valence electrons. The monoisotopic (exact) mass is 444 g/mol. The quantitative estimate of drug-likeness (QED) is 0.578. The summed E-state index contributed by atoms with van der Waals surface area (Å²) in [5.41, 5.74) is 2.07. The van der Waals surface area contributed by atoms with E-state index < -0.39 is 10.0 Å². The Balaban J connectivity index is 1.56. The number of hydrogen-bond acceptors (Lipinski definition) is 3. The minimum atomic E-state index is -3.60. The molecule has 0 aliphatic carbocycles. The largest absolute Gasteiger partial charge is 0.290 e. The maximum absolute atomic E-state index is 13.5. The Labute approximate surface area is 181 Å². The molecule has 0 N–H and O–H groups in total. The molecule has 0 amide bonds. The Bertz CT molecular complexity index is 1100. The SMILES string of the molecule is O=S(=O)(c1cccc(Cl)c1)N1CCN(C(c2ccccc2)c2ccc(F)cc2)CC1. The van der Waals surface area contributed by atoms with Gasteiger partial charge in [-0.15, -0.1) is 0 Å². The van der Waals surface area contributed by atoms with Gasteiger partial charge in [0.2, 0.25) is 10.0 Å². The van der Waals surface area contributed by atoms with Crippen LogP contribution in [0.5, 0.6) is 0 Å². The van der Waals surface area contributed by atoms with Crippen LogP contribution in [0.2, 0.25) is 5.02 Å². The second kappa shape index (κ2) is 8.86. The summed E-state index contributed by atoms with van der Waals surface area (Å²) in [5, 5.41) is 0.398. The van der Waals surface area contributed by atoms with Crippen molar-refractivity contribution >= 4 is 21.6 Å². The highest BCUT2D eigenvalue weighted by atomic mass is 35.5. The minimum Gasteiger partial charge on any atom is -0.290 e. The zero-order valence-electron chi connectivity index (χ0n) is 16.3. The lowest BCUT2D eigenvalue weighted by Crippen LogP contribution is -2.49. The van der Waals surface area contributed by atoms with Gasteiger partial charge in [0, 0.05) is 31.2 Å². The normalized spacial score (nSPS) is 17.0. The van der Waals surface area contributed by atoms with Crippen LogP contribution in [0.15, 0.2) is 83.8 Å². The van der Waals surface area contributed by atoms with E-state index in [0.717, 1.165) is 11.1 Å². The van der Waals surface area contributed by atoms with E-state index in [-0.39, 0.29) is 16.8 Å². The number of sulfonamides is 1. The Morgan fingerprint density at radius 3 is 2.07 bits per heavy atom. The van der Waals surface area contributed by atoms with Gasteiger partial charge >= 0.3 is 0 Å². The third kappa shape index (κ3) is 4.42. The van der Waals surface area contributed by atoms with Crippen LogP contribution < -0.4 is 0 Å². The van der Waals surface area contributed by atoms with Crippen LogP contribution in [0.1, 0.15) is 17.2 Å². The van der Waals surface area contributed by atoms with Gasteiger partial charge in [0.05, 0.1) is 10.9 Å². The van der Waals surface area contributed by atoms with Gasteiger partial charge in [0.1, 0.15) is 5.82 Å².